The first-order valence-electron chi connectivity index (χ1n) is 6.10. The molecule has 1 aliphatic heterocycles. The SMILES string of the molecule is COCC1=CC(O)N=C(Nc2nc3ccccc3s2)N1. The van der Waals surface area contributed by atoms with Crippen LogP contribution in [0.1, 0.15) is 0 Å². The van der Waals surface area contributed by atoms with Gasteiger partial charge in [-0.1, -0.05) is 23.5 Å². The summed E-state index contributed by atoms with van der Waals surface area (Å²) in [5.41, 5.74) is 1.70. The predicted molar refractivity (Wildman–Crippen MR) is 79.8 cm³/mol. The number of nitrogens with zero attached hydrogens (tertiary/aromatic N) is 2. The highest BCUT2D eigenvalue weighted by atomic mass is 32.1. The van der Waals surface area contributed by atoms with Crippen LogP contribution in [-0.2, 0) is 4.74 Å². The van der Waals surface area contributed by atoms with E-state index in [9.17, 15) is 5.11 Å². The Hall–Kier alpha value is -1.96. The molecule has 2 heterocycles. The van der Waals surface area contributed by atoms with Gasteiger partial charge in [0.2, 0.25) is 5.96 Å². The fraction of sp³-hybridized carbons (Fsp3) is 0.231. The molecule has 0 spiro atoms. The summed E-state index contributed by atoms with van der Waals surface area (Å²) < 4.78 is 6.14. The summed E-state index contributed by atoms with van der Waals surface area (Å²) in [5, 5.41) is 16.5. The van der Waals surface area contributed by atoms with Gasteiger partial charge < -0.3 is 20.5 Å². The summed E-state index contributed by atoms with van der Waals surface area (Å²) in [6.07, 6.45) is 0.728. The number of benzene rings is 1. The van der Waals surface area contributed by atoms with E-state index in [0.717, 1.165) is 21.0 Å². The molecule has 0 saturated carbocycles. The first-order valence-corrected chi connectivity index (χ1v) is 6.91. The van der Waals surface area contributed by atoms with Gasteiger partial charge in [-0.25, -0.2) is 9.98 Å². The number of anilines is 1. The van der Waals surface area contributed by atoms with Gasteiger partial charge in [-0.15, -0.1) is 0 Å². The van der Waals surface area contributed by atoms with Crippen LogP contribution in [-0.4, -0.2) is 36.0 Å². The third-order valence-corrected chi connectivity index (χ3v) is 3.66. The van der Waals surface area contributed by atoms with Gasteiger partial charge in [-0.3, -0.25) is 0 Å². The zero-order chi connectivity index (χ0) is 13.9. The van der Waals surface area contributed by atoms with E-state index < -0.39 is 6.23 Å². The number of guanidine groups is 1. The molecule has 0 saturated heterocycles. The number of ether oxygens (including phenoxy) is 1. The second-order valence-corrected chi connectivity index (χ2v) is 5.28. The number of aliphatic hydroxyl groups is 1. The molecule has 0 fully saturated rings. The van der Waals surface area contributed by atoms with Crippen LogP contribution < -0.4 is 10.6 Å². The lowest BCUT2D eigenvalue weighted by molar-refractivity contribution is 0.207. The van der Waals surface area contributed by atoms with E-state index in [1.54, 1.807) is 13.2 Å². The number of methoxy groups -OCH3 is 1. The van der Waals surface area contributed by atoms with Crippen molar-refractivity contribution in [2.24, 2.45) is 4.99 Å². The standard InChI is InChI=1S/C13H14N4O2S/c1-19-7-8-6-11(18)16-12(14-8)17-13-15-9-4-2-3-5-10(9)20-13/h2-6,11,18H,7H2,1H3,(H2,14,15,16,17). The molecular formula is C13H14N4O2S. The molecule has 1 aromatic heterocycles. The molecule has 1 aromatic carbocycles. The zero-order valence-corrected chi connectivity index (χ0v) is 11.6. The Morgan fingerprint density at radius 2 is 2.30 bits per heavy atom. The summed E-state index contributed by atoms with van der Waals surface area (Å²) in [4.78, 5) is 8.52. The van der Waals surface area contributed by atoms with E-state index in [1.165, 1.54) is 11.3 Å². The highest BCUT2D eigenvalue weighted by Crippen LogP contribution is 2.25. The van der Waals surface area contributed by atoms with E-state index >= 15 is 0 Å². The number of aliphatic imine (C=N–C) groups is 1. The highest BCUT2D eigenvalue weighted by Gasteiger charge is 2.14. The minimum atomic E-state index is -0.877. The summed E-state index contributed by atoms with van der Waals surface area (Å²) in [7, 11) is 1.60. The number of aromatic nitrogens is 1. The lowest BCUT2D eigenvalue weighted by atomic mass is 10.3. The van der Waals surface area contributed by atoms with Crippen LogP contribution in [0.2, 0.25) is 0 Å². The van der Waals surface area contributed by atoms with Gasteiger partial charge in [0.05, 0.1) is 16.8 Å². The Morgan fingerprint density at radius 1 is 1.45 bits per heavy atom. The molecule has 104 valence electrons. The summed E-state index contributed by atoms with van der Waals surface area (Å²) in [6, 6.07) is 7.90. The first-order chi connectivity index (χ1) is 9.74. The number of fused-ring (bicyclic) bond motifs is 1. The average Bonchev–Trinajstić information content (AvgIpc) is 2.80. The summed E-state index contributed by atoms with van der Waals surface area (Å²) in [5.74, 6) is 0.464. The fourth-order valence-corrected chi connectivity index (χ4v) is 2.77. The molecule has 20 heavy (non-hydrogen) atoms. The van der Waals surface area contributed by atoms with Gasteiger partial charge in [-0.05, 0) is 18.2 Å². The molecule has 0 aliphatic carbocycles. The Bertz CT molecular complexity index is 647. The fourth-order valence-electron chi connectivity index (χ4n) is 1.91. The van der Waals surface area contributed by atoms with Gasteiger partial charge in [0.25, 0.3) is 0 Å². The molecule has 1 atom stereocenters. The number of nitrogens with one attached hydrogen (secondary N) is 2. The van der Waals surface area contributed by atoms with Crippen LogP contribution >= 0.6 is 11.3 Å². The molecule has 3 rings (SSSR count). The quantitative estimate of drug-likeness (QED) is 0.798. The molecule has 0 bridgehead atoms. The number of thiazole rings is 1. The normalized spacial score (nSPS) is 18.4. The van der Waals surface area contributed by atoms with Gasteiger partial charge in [0.1, 0.15) is 0 Å². The van der Waals surface area contributed by atoms with E-state index in [0.29, 0.717) is 12.6 Å². The maximum Gasteiger partial charge on any atom is 0.204 e. The third-order valence-electron chi connectivity index (χ3n) is 2.71. The van der Waals surface area contributed by atoms with Gasteiger partial charge in [-0.2, -0.15) is 0 Å². The smallest absolute Gasteiger partial charge is 0.204 e. The van der Waals surface area contributed by atoms with Crippen molar-refractivity contribution in [1.29, 1.82) is 0 Å². The van der Waals surface area contributed by atoms with Crippen molar-refractivity contribution in [2.75, 3.05) is 19.0 Å². The zero-order valence-electron chi connectivity index (χ0n) is 10.8. The maximum atomic E-state index is 9.68. The number of para-hydroxylation sites is 1. The number of hydrogen-bond donors (Lipinski definition) is 3. The molecular weight excluding hydrogens is 276 g/mol. The second kappa shape index (κ2) is 5.58. The van der Waals surface area contributed by atoms with Gasteiger partial charge in [0, 0.05) is 12.8 Å². The van der Waals surface area contributed by atoms with Crippen molar-refractivity contribution < 1.29 is 9.84 Å². The van der Waals surface area contributed by atoms with Crippen LogP contribution in [0, 0.1) is 0 Å². The number of rotatable bonds is 3. The van der Waals surface area contributed by atoms with E-state index in [2.05, 4.69) is 20.6 Å². The Morgan fingerprint density at radius 3 is 3.10 bits per heavy atom. The van der Waals surface area contributed by atoms with Crippen molar-refractivity contribution >= 4 is 32.6 Å². The lowest BCUT2D eigenvalue weighted by Gasteiger charge is -2.19. The van der Waals surface area contributed by atoms with Crippen LogP contribution in [0.15, 0.2) is 41.0 Å². The van der Waals surface area contributed by atoms with E-state index in [-0.39, 0.29) is 0 Å². The van der Waals surface area contributed by atoms with E-state index in [4.69, 9.17) is 4.74 Å². The Kier molecular flexibility index (Phi) is 3.64. The van der Waals surface area contributed by atoms with Crippen molar-refractivity contribution in [3.05, 3.63) is 36.0 Å². The Labute approximate surface area is 119 Å². The van der Waals surface area contributed by atoms with E-state index in [1.807, 2.05) is 24.3 Å². The van der Waals surface area contributed by atoms with Crippen LogP contribution in [0.25, 0.3) is 10.2 Å². The Balaban J connectivity index is 1.77. The molecule has 6 nitrogen and oxygen atoms in total. The molecule has 0 radical (unpaired) electrons. The topological polar surface area (TPSA) is 78.8 Å². The van der Waals surface area contributed by atoms with Crippen LogP contribution in [0.3, 0.4) is 0 Å². The summed E-state index contributed by atoms with van der Waals surface area (Å²) >= 11 is 1.53. The molecule has 1 aliphatic rings. The largest absolute Gasteiger partial charge is 0.378 e. The monoisotopic (exact) mass is 290 g/mol. The van der Waals surface area contributed by atoms with Crippen LogP contribution in [0.5, 0.6) is 0 Å². The number of aliphatic hydroxyl groups excluding tert-OH is 1. The van der Waals surface area contributed by atoms with Crippen molar-refractivity contribution in [2.45, 2.75) is 6.23 Å². The third kappa shape index (κ3) is 2.79. The average molecular weight is 290 g/mol. The van der Waals surface area contributed by atoms with Crippen molar-refractivity contribution in [1.82, 2.24) is 10.3 Å². The van der Waals surface area contributed by atoms with Gasteiger partial charge >= 0.3 is 0 Å². The predicted octanol–water partition coefficient (Wildman–Crippen LogP) is 1.52. The number of hydrogen-bond acceptors (Lipinski definition) is 7. The van der Waals surface area contributed by atoms with Crippen molar-refractivity contribution in [3.63, 3.8) is 0 Å². The first kappa shape index (κ1) is 13.0. The molecule has 1 unspecified atom stereocenters. The highest BCUT2D eigenvalue weighted by molar-refractivity contribution is 7.22. The molecule has 2 aromatic rings. The van der Waals surface area contributed by atoms with Crippen molar-refractivity contribution in [3.8, 4) is 0 Å². The molecule has 3 N–H and O–H groups in total. The second-order valence-electron chi connectivity index (χ2n) is 4.25. The molecule has 7 heteroatoms. The maximum absolute atomic E-state index is 9.68. The lowest BCUT2D eigenvalue weighted by Crippen LogP contribution is -2.36. The van der Waals surface area contributed by atoms with Crippen LogP contribution in [0.4, 0.5) is 5.13 Å². The minimum absolute atomic E-state index is 0.387. The minimum Gasteiger partial charge on any atom is -0.378 e. The van der Waals surface area contributed by atoms with Gasteiger partial charge in [0.15, 0.2) is 11.4 Å². The molecule has 0 amide bonds. The summed E-state index contributed by atoms with van der Waals surface area (Å²) in [6.45, 7) is 0.387.